The normalized spacial score (nSPS) is 11.1. The van der Waals surface area contributed by atoms with Crippen LogP contribution in [0.5, 0.6) is 5.75 Å². The number of ether oxygens (including phenoxy) is 1. The highest BCUT2D eigenvalue weighted by Gasteiger charge is 2.12. The van der Waals surface area contributed by atoms with Crippen LogP contribution < -0.4 is 4.74 Å². The van der Waals surface area contributed by atoms with Gasteiger partial charge in [0.05, 0.1) is 5.69 Å². The van der Waals surface area contributed by atoms with Gasteiger partial charge in [-0.3, -0.25) is 0 Å². The zero-order valence-corrected chi connectivity index (χ0v) is 16.1. The molecule has 0 heterocycles. The van der Waals surface area contributed by atoms with Crippen LogP contribution in [0.4, 0.5) is 5.69 Å². The Morgan fingerprint density at radius 3 is 1.83 bits per heavy atom. The molecule has 0 saturated carbocycles. The van der Waals surface area contributed by atoms with E-state index in [0.29, 0.717) is 6.61 Å². The van der Waals surface area contributed by atoms with Crippen molar-refractivity contribution >= 4 is 5.69 Å². The fraction of sp³-hybridized carbons (Fsp3) is 0.0769. The van der Waals surface area contributed by atoms with Crippen LogP contribution in [0.1, 0.15) is 22.7 Å². The Kier molecular flexibility index (Phi) is 6.08. The third-order valence-electron chi connectivity index (χ3n) is 4.59. The molecule has 3 nitrogen and oxygen atoms in total. The highest BCUT2D eigenvalue weighted by molar-refractivity contribution is 5.43. The lowest BCUT2D eigenvalue weighted by molar-refractivity contribution is 0.306. The lowest BCUT2D eigenvalue weighted by Gasteiger charge is -2.12. The molecule has 0 N–H and O–H groups in total. The fourth-order valence-electron chi connectivity index (χ4n) is 3.10. The quantitative estimate of drug-likeness (QED) is 0.315. The maximum atomic E-state index is 5.91. The van der Waals surface area contributed by atoms with Gasteiger partial charge in [-0.25, -0.2) is 0 Å². The van der Waals surface area contributed by atoms with Gasteiger partial charge in [-0.05, 0) is 28.8 Å². The van der Waals surface area contributed by atoms with Crippen molar-refractivity contribution in [1.29, 1.82) is 0 Å². The summed E-state index contributed by atoms with van der Waals surface area (Å²) in [6, 6.07) is 38.1. The molecular weight excluding hydrogens is 356 g/mol. The molecule has 0 aliphatic heterocycles. The number of hydrogen-bond acceptors (Lipinski definition) is 3. The number of azo groups is 1. The van der Waals surface area contributed by atoms with E-state index in [1.165, 1.54) is 0 Å². The highest BCUT2D eigenvalue weighted by atomic mass is 16.5. The Balaban J connectivity index is 1.53. The van der Waals surface area contributed by atoms with E-state index in [9.17, 15) is 0 Å². The summed E-state index contributed by atoms with van der Waals surface area (Å²) >= 11 is 0. The number of benzene rings is 4. The van der Waals surface area contributed by atoms with Crippen molar-refractivity contribution in [3.05, 3.63) is 132 Å². The maximum Gasteiger partial charge on any atom is 0.122 e. The van der Waals surface area contributed by atoms with Crippen LogP contribution in [0.3, 0.4) is 0 Å². The molecule has 0 aliphatic carbocycles. The smallest absolute Gasteiger partial charge is 0.122 e. The molecule has 0 radical (unpaired) electrons. The van der Waals surface area contributed by atoms with Crippen molar-refractivity contribution in [2.75, 3.05) is 0 Å². The lowest BCUT2D eigenvalue weighted by Crippen LogP contribution is -1.97. The molecule has 4 rings (SSSR count). The van der Waals surface area contributed by atoms with E-state index in [1.54, 1.807) is 0 Å². The molecule has 0 atom stereocenters. The van der Waals surface area contributed by atoms with E-state index in [4.69, 9.17) is 4.74 Å². The second kappa shape index (κ2) is 9.47. The first-order chi connectivity index (χ1) is 14.4. The Morgan fingerprint density at radius 2 is 1.21 bits per heavy atom. The fourth-order valence-corrected chi connectivity index (χ4v) is 3.10. The Bertz CT molecular complexity index is 1010. The molecule has 142 valence electrons. The van der Waals surface area contributed by atoms with Gasteiger partial charge in [-0.1, -0.05) is 97.1 Å². The van der Waals surface area contributed by atoms with E-state index >= 15 is 0 Å². The molecule has 0 bridgehead atoms. The average molecular weight is 378 g/mol. The summed E-state index contributed by atoms with van der Waals surface area (Å²) in [6.45, 7) is 0.526. The molecule has 29 heavy (non-hydrogen) atoms. The molecule has 0 spiro atoms. The van der Waals surface area contributed by atoms with Crippen LogP contribution in [0.15, 0.2) is 125 Å². The molecular formula is C26H22N2O. The third kappa shape index (κ3) is 5.17. The van der Waals surface area contributed by atoms with Crippen LogP contribution in [-0.2, 0) is 6.61 Å². The molecule has 4 aromatic carbocycles. The second-order valence-corrected chi connectivity index (χ2v) is 6.71. The van der Waals surface area contributed by atoms with Gasteiger partial charge >= 0.3 is 0 Å². The summed E-state index contributed by atoms with van der Waals surface area (Å²) in [6.07, 6.45) is 0. The van der Waals surface area contributed by atoms with Crippen molar-refractivity contribution < 1.29 is 4.74 Å². The minimum atomic E-state index is -0.147. The van der Waals surface area contributed by atoms with Crippen LogP contribution in [0.2, 0.25) is 0 Å². The van der Waals surface area contributed by atoms with E-state index in [2.05, 4.69) is 34.5 Å². The minimum absolute atomic E-state index is 0.147. The van der Waals surface area contributed by atoms with Crippen LogP contribution >= 0.6 is 0 Å². The standard InChI is InChI=1S/C26H22N2O/c1-4-11-21(12-5-1)20-29-25-18-10-17-24(19-25)27-28-26(22-13-6-2-7-14-22)23-15-8-3-9-16-23/h1-19,26H,20H2. The van der Waals surface area contributed by atoms with Gasteiger partial charge in [-0.15, -0.1) is 0 Å². The van der Waals surface area contributed by atoms with Crippen molar-refractivity contribution in [1.82, 2.24) is 0 Å². The second-order valence-electron chi connectivity index (χ2n) is 6.71. The molecule has 0 unspecified atom stereocenters. The SMILES string of the molecule is c1ccc(COc2cccc(N=NC(c3ccccc3)c3ccccc3)c2)cc1. The maximum absolute atomic E-state index is 5.91. The summed E-state index contributed by atoms with van der Waals surface area (Å²) in [5.74, 6) is 0.779. The van der Waals surface area contributed by atoms with E-state index < -0.39 is 0 Å². The van der Waals surface area contributed by atoms with Gasteiger partial charge < -0.3 is 4.74 Å². The van der Waals surface area contributed by atoms with Crippen LogP contribution in [-0.4, -0.2) is 0 Å². The van der Waals surface area contributed by atoms with Crippen LogP contribution in [0, 0.1) is 0 Å². The van der Waals surface area contributed by atoms with Gasteiger partial charge in [-0.2, -0.15) is 10.2 Å². The molecule has 3 heteroatoms. The minimum Gasteiger partial charge on any atom is -0.489 e. The number of rotatable bonds is 7. The Labute approximate surface area is 171 Å². The molecule has 0 aromatic heterocycles. The topological polar surface area (TPSA) is 34.0 Å². The zero-order valence-electron chi connectivity index (χ0n) is 16.1. The molecule has 0 fully saturated rings. The summed E-state index contributed by atoms with van der Waals surface area (Å²) in [4.78, 5) is 0. The monoisotopic (exact) mass is 378 g/mol. The van der Waals surface area contributed by atoms with Gasteiger partial charge in [0.1, 0.15) is 18.4 Å². The lowest BCUT2D eigenvalue weighted by atomic mass is 10.00. The van der Waals surface area contributed by atoms with Crippen molar-refractivity contribution in [2.45, 2.75) is 12.6 Å². The first kappa shape index (κ1) is 18.6. The first-order valence-corrected chi connectivity index (χ1v) is 9.66. The van der Waals surface area contributed by atoms with E-state index in [1.807, 2.05) is 91.0 Å². The predicted octanol–water partition coefficient (Wildman–Crippen LogP) is 7.14. The summed E-state index contributed by atoms with van der Waals surface area (Å²) < 4.78 is 5.91. The Morgan fingerprint density at radius 1 is 0.621 bits per heavy atom. The summed E-state index contributed by atoms with van der Waals surface area (Å²) in [5, 5.41) is 9.18. The van der Waals surface area contributed by atoms with E-state index in [0.717, 1.165) is 28.1 Å². The van der Waals surface area contributed by atoms with Gasteiger partial charge in [0.25, 0.3) is 0 Å². The molecule has 0 amide bonds. The van der Waals surface area contributed by atoms with Crippen molar-refractivity contribution in [3.63, 3.8) is 0 Å². The highest BCUT2D eigenvalue weighted by Crippen LogP contribution is 2.29. The third-order valence-corrected chi connectivity index (χ3v) is 4.59. The Hall–Kier alpha value is -3.72. The van der Waals surface area contributed by atoms with Gasteiger partial charge in [0.15, 0.2) is 0 Å². The summed E-state index contributed by atoms with van der Waals surface area (Å²) in [5.41, 5.74) is 4.12. The van der Waals surface area contributed by atoms with Gasteiger partial charge in [0, 0.05) is 6.07 Å². The molecule has 4 aromatic rings. The largest absolute Gasteiger partial charge is 0.489 e. The van der Waals surface area contributed by atoms with E-state index in [-0.39, 0.29) is 6.04 Å². The number of hydrogen-bond donors (Lipinski definition) is 0. The molecule has 0 aliphatic rings. The number of nitrogens with zero attached hydrogens (tertiary/aromatic N) is 2. The van der Waals surface area contributed by atoms with Crippen molar-refractivity contribution in [3.8, 4) is 5.75 Å². The average Bonchev–Trinajstić information content (AvgIpc) is 2.80. The van der Waals surface area contributed by atoms with Crippen LogP contribution in [0.25, 0.3) is 0 Å². The summed E-state index contributed by atoms with van der Waals surface area (Å²) in [7, 11) is 0. The molecule has 0 saturated heterocycles. The van der Waals surface area contributed by atoms with Gasteiger partial charge in [0.2, 0.25) is 0 Å². The van der Waals surface area contributed by atoms with Crippen molar-refractivity contribution in [2.24, 2.45) is 10.2 Å². The zero-order chi connectivity index (χ0) is 19.7. The first-order valence-electron chi connectivity index (χ1n) is 9.66. The predicted molar refractivity (Wildman–Crippen MR) is 116 cm³/mol.